The Bertz CT molecular complexity index is 746. The predicted molar refractivity (Wildman–Crippen MR) is 96.2 cm³/mol. The maximum absolute atomic E-state index is 12.0. The summed E-state index contributed by atoms with van der Waals surface area (Å²) in [6, 6.07) is 6.10. The average Bonchev–Trinajstić information content (AvgIpc) is 3.41. The van der Waals surface area contributed by atoms with Crippen LogP contribution in [0.5, 0.6) is 5.75 Å². The van der Waals surface area contributed by atoms with Gasteiger partial charge in [0.1, 0.15) is 5.75 Å². The Hall–Kier alpha value is -1.43. The maximum Gasteiger partial charge on any atom is 0.308 e. The Morgan fingerprint density at radius 3 is 3.00 bits per heavy atom. The lowest BCUT2D eigenvalue weighted by Gasteiger charge is -2.63. The zero-order valence-electron chi connectivity index (χ0n) is 15.4. The average molecular weight is 357 g/mol. The quantitative estimate of drug-likeness (QED) is 0.663. The summed E-state index contributed by atoms with van der Waals surface area (Å²) in [5, 5.41) is 12.0. The molecule has 4 aliphatic rings. The largest absolute Gasteiger partial charge is 0.427 e. The number of benzene rings is 1. The van der Waals surface area contributed by atoms with Crippen LogP contribution in [-0.4, -0.2) is 53.9 Å². The first kappa shape index (κ1) is 16.7. The number of aliphatic hydroxyl groups is 1. The van der Waals surface area contributed by atoms with Crippen molar-refractivity contribution < 1.29 is 19.4 Å². The summed E-state index contributed by atoms with van der Waals surface area (Å²) in [6.07, 6.45) is 5.09. The van der Waals surface area contributed by atoms with Gasteiger partial charge >= 0.3 is 5.97 Å². The highest BCUT2D eigenvalue weighted by Crippen LogP contribution is 2.55. The van der Waals surface area contributed by atoms with Crippen LogP contribution < -0.4 is 4.74 Å². The van der Waals surface area contributed by atoms with Crippen molar-refractivity contribution in [2.24, 2.45) is 5.92 Å². The van der Waals surface area contributed by atoms with E-state index in [1.54, 1.807) is 0 Å². The highest BCUT2D eigenvalue weighted by molar-refractivity contribution is 5.69. The molecule has 2 heterocycles. The van der Waals surface area contributed by atoms with Gasteiger partial charge in [0.2, 0.25) is 0 Å². The molecule has 0 amide bonds. The van der Waals surface area contributed by atoms with Crippen molar-refractivity contribution in [2.75, 3.05) is 26.3 Å². The van der Waals surface area contributed by atoms with E-state index in [1.165, 1.54) is 25.3 Å². The SMILES string of the molecule is CC(=O)Oc1ccc2c(c1)[C@]13CCN(CC4CC4)[C@H](C2)[C@]1(O)CCOC3. The Kier molecular flexibility index (Phi) is 3.72. The van der Waals surface area contributed by atoms with Crippen molar-refractivity contribution in [3.63, 3.8) is 0 Å². The standard InChI is InChI=1S/C21H27NO4/c1-14(23)26-17-5-4-16-10-19-21(24)7-9-25-13-20(21,18(16)11-17)6-8-22(19)12-15-2-3-15/h4-5,11,15,19,24H,2-3,6-10,12-13H2,1H3/t19-,20-,21-/m1/s1. The summed E-state index contributed by atoms with van der Waals surface area (Å²) in [6.45, 7) is 4.71. The molecule has 1 aromatic carbocycles. The van der Waals surface area contributed by atoms with Gasteiger partial charge in [-0.25, -0.2) is 0 Å². The minimum absolute atomic E-state index is 0.160. The highest BCUT2D eigenvalue weighted by Gasteiger charge is 2.64. The Labute approximate surface area is 154 Å². The van der Waals surface area contributed by atoms with Crippen LogP contribution in [0.2, 0.25) is 0 Å². The molecule has 140 valence electrons. The molecule has 2 aliphatic heterocycles. The maximum atomic E-state index is 12.0. The van der Waals surface area contributed by atoms with Crippen LogP contribution in [0, 0.1) is 5.92 Å². The molecule has 2 bridgehead atoms. The lowest BCUT2D eigenvalue weighted by Crippen LogP contribution is -2.74. The molecule has 3 fully saturated rings. The minimum atomic E-state index is -0.764. The second kappa shape index (κ2) is 5.78. The summed E-state index contributed by atoms with van der Waals surface area (Å²) in [5.74, 6) is 1.07. The molecule has 0 radical (unpaired) electrons. The molecule has 1 N–H and O–H groups in total. The third-order valence-corrected chi connectivity index (χ3v) is 7.08. The Morgan fingerprint density at radius 1 is 1.38 bits per heavy atom. The molecule has 3 atom stereocenters. The van der Waals surface area contributed by atoms with Gasteiger partial charge in [0.15, 0.2) is 0 Å². The van der Waals surface area contributed by atoms with Crippen molar-refractivity contribution in [3.8, 4) is 5.75 Å². The summed E-state index contributed by atoms with van der Waals surface area (Å²) < 4.78 is 11.2. The molecule has 0 unspecified atom stereocenters. The molecule has 5 nitrogen and oxygen atoms in total. The van der Waals surface area contributed by atoms with Crippen LogP contribution in [0.1, 0.15) is 43.7 Å². The van der Waals surface area contributed by atoms with Gasteiger partial charge in [-0.15, -0.1) is 0 Å². The van der Waals surface area contributed by atoms with E-state index < -0.39 is 5.60 Å². The topological polar surface area (TPSA) is 59.0 Å². The van der Waals surface area contributed by atoms with E-state index in [1.807, 2.05) is 12.1 Å². The number of fused-ring (bicyclic) bond motifs is 1. The van der Waals surface area contributed by atoms with Gasteiger partial charge in [0, 0.05) is 32.5 Å². The summed E-state index contributed by atoms with van der Waals surface area (Å²) in [4.78, 5) is 13.9. The third-order valence-electron chi connectivity index (χ3n) is 7.08. The van der Waals surface area contributed by atoms with E-state index in [9.17, 15) is 9.90 Å². The van der Waals surface area contributed by atoms with Crippen LogP contribution in [0.3, 0.4) is 0 Å². The van der Waals surface area contributed by atoms with Gasteiger partial charge in [0.25, 0.3) is 0 Å². The summed E-state index contributed by atoms with van der Waals surface area (Å²) in [5.41, 5.74) is 1.24. The smallest absolute Gasteiger partial charge is 0.308 e. The van der Waals surface area contributed by atoms with Gasteiger partial charge in [-0.3, -0.25) is 9.69 Å². The molecular weight excluding hydrogens is 330 g/mol. The lowest BCUT2D eigenvalue weighted by atomic mass is 9.53. The fraction of sp³-hybridized carbons (Fsp3) is 0.667. The van der Waals surface area contributed by atoms with E-state index in [2.05, 4.69) is 11.0 Å². The molecule has 5 heteroatoms. The number of ether oxygens (including phenoxy) is 2. The molecule has 2 aliphatic carbocycles. The number of nitrogens with zero attached hydrogens (tertiary/aromatic N) is 1. The number of carbonyl (C=O) groups excluding carboxylic acids is 1. The fourth-order valence-corrected chi connectivity index (χ4v) is 5.62. The molecule has 26 heavy (non-hydrogen) atoms. The normalized spacial score (nSPS) is 36.2. The minimum Gasteiger partial charge on any atom is -0.427 e. The Balaban J connectivity index is 1.59. The van der Waals surface area contributed by atoms with Crippen LogP contribution in [0.25, 0.3) is 0 Å². The summed E-state index contributed by atoms with van der Waals surface area (Å²) >= 11 is 0. The van der Waals surface area contributed by atoms with Crippen molar-refractivity contribution in [1.82, 2.24) is 4.90 Å². The number of carbonyl (C=O) groups is 1. The molecular formula is C21H27NO4. The van der Waals surface area contributed by atoms with Crippen LogP contribution in [0.4, 0.5) is 0 Å². The number of piperidine rings is 1. The number of likely N-dealkylation sites (tertiary alicyclic amines) is 1. The number of rotatable bonds is 3. The molecule has 0 spiro atoms. The number of hydrogen-bond donors (Lipinski definition) is 1. The van der Waals surface area contributed by atoms with E-state index in [4.69, 9.17) is 9.47 Å². The van der Waals surface area contributed by atoms with E-state index in [-0.39, 0.29) is 17.4 Å². The zero-order chi connectivity index (χ0) is 17.9. The first-order valence-electron chi connectivity index (χ1n) is 9.88. The van der Waals surface area contributed by atoms with E-state index >= 15 is 0 Å². The van der Waals surface area contributed by atoms with Crippen LogP contribution in [0.15, 0.2) is 18.2 Å². The second-order valence-electron chi connectivity index (χ2n) is 8.63. The molecule has 2 saturated heterocycles. The molecule has 0 aromatic heterocycles. The van der Waals surface area contributed by atoms with Gasteiger partial charge in [0.05, 0.1) is 17.6 Å². The first-order valence-corrected chi connectivity index (χ1v) is 9.88. The van der Waals surface area contributed by atoms with E-state index in [0.717, 1.165) is 37.4 Å². The summed E-state index contributed by atoms with van der Waals surface area (Å²) in [7, 11) is 0. The van der Waals surface area contributed by atoms with Crippen LogP contribution >= 0.6 is 0 Å². The van der Waals surface area contributed by atoms with Crippen molar-refractivity contribution >= 4 is 5.97 Å². The van der Waals surface area contributed by atoms with Crippen LogP contribution in [-0.2, 0) is 21.4 Å². The second-order valence-corrected chi connectivity index (χ2v) is 8.63. The van der Waals surface area contributed by atoms with Gasteiger partial charge in [-0.05, 0) is 61.4 Å². The predicted octanol–water partition coefficient (Wildman–Crippen LogP) is 2.04. The van der Waals surface area contributed by atoms with Gasteiger partial charge in [-0.2, -0.15) is 0 Å². The monoisotopic (exact) mass is 357 g/mol. The highest BCUT2D eigenvalue weighted by atomic mass is 16.5. The first-order chi connectivity index (χ1) is 12.5. The Morgan fingerprint density at radius 2 is 2.23 bits per heavy atom. The fourth-order valence-electron chi connectivity index (χ4n) is 5.62. The lowest BCUT2D eigenvalue weighted by molar-refractivity contribution is -0.202. The van der Waals surface area contributed by atoms with Gasteiger partial charge in [-0.1, -0.05) is 6.07 Å². The zero-order valence-corrected chi connectivity index (χ0v) is 15.4. The van der Waals surface area contributed by atoms with Crippen molar-refractivity contribution in [2.45, 2.75) is 56.1 Å². The van der Waals surface area contributed by atoms with E-state index in [0.29, 0.717) is 25.4 Å². The van der Waals surface area contributed by atoms with Gasteiger partial charge < -0.3 is 14.6 Å². The molecule has 5 rings (SSSR count). The third kappa shape index (κ3) is 2.37. The molecule has 1 aromatic rings. The van der Waals surface area contributed by atoms with Crippen molar-refractivity contribution in [3.05, 3.63) is 29.3 Å². The van der Waals surface area contributed by atoms with Crippen molar-refractivity contribution in [1.29, 1.82) is 0 Å². The number of hydrogen-bond acceptors (Lipinski definition) is 5. The molecule has 1 saturated carbocycles. The number of esters is 1.